The highest BCUT2D eigenvalue weighted by Gasteiger charge is 2.48. The van der Waals surface area contributed by atoms with Crippen LogP contribution in [0.3, 0.4) is 0 Å². The largest absolute Gasteiger partial charge is 0.354 e. The number of hydrogen-bond donors (Lipinski definition) is 1. The number of amides is 2. The predicted molar refractivity (Wildman–Crippen MR) is 97.2 cm³/mol. The molecule has 2 amide bonds. The lowest BCUT2D eigenvalue weighted by Gasteiger charge is -2.36. The molecular weight excluding hydrogens is 339 g/mol. The number of benzene rings is 2. The van der Waals surface area contributed by atoms with Crippen LogP contribution in [0.1, 0.15) is 12.5 Å². The molecule has 2 aromatic rings. The van der Waals surface area contributed by atoms with E-state index < -0.39 is 4.75 Å². The number of carbonyl (C=O) groups is 2. The van der Waals surface area contributed by atoms with E-state index in [1.807, 2.05) is 24.3 Å². The summed E-state index contributed by atoms with van der Waals surface area (Å²) in [5.41, 5.74) is 1.34. The van der Waals surface area contributed by atoms with Crippen molar-refractivity contribution in [1.82, 2.24) is 5.32 Å². The molecule has 0 bridgehead atoms. The fraction of sp³-hybridized carbons (Fsp3) is 0.263. The summed E-state index contributed by atoms with van der Waals surface area (Å²) < 4.78 is 12.4. The highest BCUT2D eigenvalue weighted by Crippen LogP contribution is 2.44. The Hall–Kier alpha value is -2.34. The third kappa shape index (κ3) is 3.26. The molecule has 1 N–H and O–H groups in total. The van der Waals surface area contributed by atoms with E-state index in [1.165, 1.54) is 22.7 Å². The molecule has 3 rings (SSSR count). The van der Waals surface area contributed by atoms with Crippen LogP contribution in [0.5, 0.6) is 0 Å². The molecule has 130 valence electrons. The second kappa shape index (κ2) is 6.88. The molecule has 25 heavy (non-hydrogen) atoms. The number of nitrogens with zero attached hydrogens (tertiary/aromatic N) is 1. The molecule has 2 aromatic carbocycles. The number of carbonyl (C=O) groups excluding carboxylic acids is 2. The Bertz CT molecular complexity index is 827. The van der Waals surface area contributed by atoms with Gasteiger partial charge in [-0.25, -0.2) is 4.39 Å². The van der Waals surface area contributed by atoms with E-state index in [9.17, 15) is 14.0 Å². The van der Waals surface area contributed by atoms with Gasteiger partial charge in [-0.2, -0.15) is 0 Å². The smallest absolute Gasteiger partial charge is 0.252 e. The fourth-order valence-electron chi connectivity index (χ4n) is 2.84. The minimum absolute atomic E-state index is 0.264. The van der Waals surface area contributed by atoms with Gasteiger partial charge in [-0.3, -0.25) is 9.59 Å². The van der Waals surface area contributed by atoms with Gasteiger partial charge in [-0.05, 0) is 37.1 Å². The highest BCUT2D eigenvalue weighted by atomic mass is 32.2. The van der Waals surface area contributed by atoms with Gasteiger partial charge < -0.3 is 10.2 Å². The average molecular weight is 358 g/mol. The summed E-state index contributed by atoms with van der Waals surface area (Å²) in [7, 11) is 1.67. The molecule has 1 heterocycles. The molecule has 6 heteroatoms. The van der Waals surface area contributed by atoms with Crippen LogP contribution in [0.25, 0.3) is 0 Å². The first-order chi connectivity index (χ1) is 11.9. The van der Waals surface area contributed by atoms with Crippen LogP contribution >= 0.6 is 11.8 Å². The molecule has 0 saturated heterocycles. The molecule has 1 aliphatic rings. The van der Waals surface area contributed by atoms with Gasteiger partial charge in [-0.15, -0.1) is 0 Å². The van der Waals surface area contributed by atoms with Crippen molar-refractivity contribution in [3.63, 3.8) is 0 Å². The van der Waals surface area contributed by atoms with E-state index in [4.69, 9.17) is 0 Å². The zero-order valence-corrected chi connectivity index (χ0v) is 14.9. The van der Waals surface area contributed by atoms with E-state index in [0.717, 1.165) is 10.6 Å². The van der Waals surface area contributed by atoms with E-state index in [0.29, 0.717) is 12.0 Å². The van der Waals surface area contributed by atoms with Gasteiger partial charge in [0.25, 0.3) is 5.91 Å². The van der Waals surface area contributed by atoms with Gasteiger partial charge in [0, 0.05) is 18.5 Å². The number of rotatable bonds is 4. The third-order valence-electron chi connectivity index (χ3n) is 4.32. The Labute approximate surface area is 150 Å². The van der Waals surface area contributed by atoms with Crippen molar-refractivity contribution in [3.05, 3.63) is 59.9 Å². The third-order valence-corrected chi connectivity index (χ3v) is 5.66. The lowest BCUT2D eigenvalue weighted by Crippen LogP contribution is -2.55. The van der Waals surface area contributed by atoms with Crippen molar-refractivity contribution in [2.75, 3.05) is 18.5 Å². The molecule has 0 aliphatic carbocycles. The molecular formula is C19H19FN2O2S. The quantitative estimate of drug-likeness (QED) is 0.855. The summed E-state index contributed by atoms with van der Waals surface area (Å²) in [6, 6.07) is 14.0. The van der Waals surface area contributed by atoms with E-state index in [2.05, 4.69) is 5.32 Å². The minimum Gasteiger partial charge on any atom is -0.354 e. The SMILES string of the molecule is CN1C(=O)C(C)(C(=O)NCCc2ccccc2F)Sc2ccccc21. The summed E-state index contributed by atoms with van der Waals surface area (Å²) in [5, 5.41) is 2.78. The lowest BCUT2D eigenvalue weighted by molar-refractivity contribution is -0.131. The Kier molecular flexibility index (Phi) is 4.81. The van der Waals surface area contributed by atoms with Crippen molar-refractivity contribution in [2.45, 2.75) is 23.0 Å². The first-order valence-corrected chi connectivity index (χ1v) is 8.83. The van der Waals surface area contributed by atoms with Gasteiger partial charge in [0.1, 0.15) is 5.82 Å². The zero-order chi connectivity index (χ0) is 18.0. The fourth-order valence-corrected chi connectivity index (χ4v) is 4.12. The number of para-hydroxylation sites is 1. The van der Waals surface area contributed by atoms with Crippen molar-refractivity contribution in [1.29, 1.82) is 0 Å². The van der Waals surface area contributed by atoms with Gasteiger partial charge in [0.05, 0.1) is 5.69 Å². The van der Waals surface area contributed by atoms with E-state index in [1.54, 1.807) is 32.2 Å². The summed E-state index contributed by atoms with van der Waals surface area (Å²) in [5.74, 6) is -0.917. The zero-order valence-electron chi connectivity index (χ0n) is 14.1. The number of thioether (sulfide) groups is 1. The monoisotopic (exact) mass is 358 g/mol. The average Bonchev–Trinajstić information content (AvgIpc) is 2.61. The Morgan fingerprint density at radius 1 is 1.20 bits per heavy atom. The van der Waals surface area contributed by atoms with Crippen molar-refractivity contribution < 1.29 is 14.0 Å². The first kappa shape index (κ1) is 17.5. The molecule has 0 spiro atoms. The lowest BCUT2D eigenvalue weighted by atomic mass is 10.1. The van der Waals surface area contributed by atoms with Crippen LogP contribution in [0.4, 0.5) is 10.1 Å². The summed E-state index contributed by atoms with van der Waals surface area (Å²) in [6.07, 6.45) is 0.375. The maximum Gasteiger partial charge on any atom is 0.252 e. The molecule has 0 saturated carbocycles. The topological polar surface area (TPSA) is 49.4 Å². The predicted octanol–water partition coefficient (Wildman–Crippen LogP) is 3.01. The van der Waals surface area contributed by atoms with E-state index in [-0.39, 0.29) is 24.2 Å². The van der Waals surface area contributed by atoms with Crippen molar-refractivity contribution in [2.24, 2.45) is 0 Å². The Balaban J connectivity index is 1.71. The standard InChI is InChI=1S/C19H19FN2O2S/c1-19(17(23)21-12-11-13-7-3-4-8-14(13)20)18(24)22(2)15-9-5-6-10-16(15)25-19/h3-10H,11-12H2,1-2H3,(H,21,23). The summed E-state index contributed by atoms with van der Waals surface area (Å²) in [4.78, 5) is 27.8. The maximum atomic E-state index is 13.6. The Morgan fingerprint density at radius 3 is 2.64 bits per heavy atom. The maximum absolute atomic E-state index is 13.6. The number of fused-ring (bicyclic) bond motifs is 1. The van der Waals surface area contributed by atoms with Crippen molar-refractivity contribution >= 4 is 29.3 Å². The summed E-state index contributed by atoms with van der Waals surface area (Å²) in [6.45, 7) is 1.90. The van der Waals surface area contributed by atoms with Gasteiger partial charge in [0.2, 0.25) is 5.91 Å². The minimum atomic E-state index is -1.24. The Morgan fingerprint density at radius 2 is 1.88 bits per heavy atom. The van der Waals surface area contributed by atoms with Crippen LogP contribution in [0.2, 0.25) is 0 Å². The van der Waals surface area contributed by atoms with E-state index >= 15 is 0 Å². The number of halogens is 1. The highest BCUT2D eigenvalue weighted by molar-refractivity contribution is 8.02. The number of hydrogen-bond acceptors (Lipinski definition) is 3. The molecule has 0 fully saturated rings. The second-order valence-electron chi connectivity index (χ2n) is 6.06. The summed E-state index contributed by atoms with van der Waals surface area (Å²) >= 11 is 1.25. The normalized spacial score (nSPS) is 19.5. The molecule has 0 radical (unpaired) electrons. The van der Waals surface area contributed by atoms with Gasteiger partial charge in [0.15, 0.2) is 4.75 Å². The molecule has 1 unspecified atom stereocenters. The van der Waals surface area contributed by atoms with Crippen molar-refractivity contribution in [3.8, 4) is 0 Å². The second-order valence-corrected chi connectivity index (χ2v) is 7.52. The van der Waals surface area contributed by atoms with Crippen LogP contribution in [-0.2, 0) is 16.0 Å². The molecule has 4 nitrogen and oxygen atoms in total. The van der Waals surface area contributed by atoms with Crippen LogP contribution in [0.15, 0.2) is 53.4 Å². The van der Waals surface area contributed by atoms with Crippen LogP contribution in [-0.4, -0.2) is 30.2 Å². The number of nitrogens with one attached hydrogen (secondary N) is 1. The molecule has 1 atom stereocenters. The molecule has 1 aliphatic heterocycles. The number of anilines is 1. The molecule has 0 aromatic heterocycles. The van der Waals surface area contributed by atoms with Crippen LogP contribution in [0, 0.1) is 5.82 Å². The van der Waals surface area contributed by atoms with Gasteiger partial charge >= 0.3 is 0 Å². The van der Waals surface area contributed by atoms with Crippen LogP contribution < -0.4 is 10.2 Å². The first-order valence-electron chi connectivity index (χ1n) is 8.01. The van der Waals surface area contributed by atoms with Gasteiger partial charge in [-0.1, -0.05) is 42.1 Å².